The predicted octanol–water partition coefficient (Wildman–Crippen LogP) is 3.54. The summed E-state index contributed by atoms with van der Waals surface area (Å²) in [5, 5.41) is 4.22. The summed E-state index contributed by atoms with van der Waals surface area (Å²) in [6, 6.07) is -0.199. The van der Waals surface area contributed by atoms with E-state index in [1.165, 1.54) is 6.92 Å². The monoisotopic (exact) mass is 706 g/mol. The molecule has 4 saturated heterocycles. The number of carbonyl (C=O) groups excluding carboxylic acids is 3. The summed E-state index contributed by atoms with van der Waals surface area (Å²) in [4.78, 5) is 47.7. The number of ether oxygens (including phenoxy) is 7. The molecule has 282 valence electrons. The van der Waals surface area contributed by atoms with Gasteiger partial charge >= 0.3 is 11.9 Å². The van der Waals surface area contributed by atoms with Gasteiger partial charge in [0.15, 0.2) is 30.4 Å². The van der Waals surface area contributed by atoms with Crippen LogP contribution in [-0.2, 0) is 52.4 Å². The molecule has 0 radical (unpaired) electrons. The zero-order chi connectivity index (χ0) is 37.1. The summed E-state index contributed by atoms with van der Waals surface area (Å²) in [5.41, 5.74) is -2.00. The number of nitrogens with zero attached hydrogens (tertiary/aromatic N) is 2. The second-order valence-corrected chi connectivity index (χ2v) is 15.2. The van der Waals surface area contributed by atoms with Crippen molar-refractivity contribution >= 4 is 23.4 Å². The van der Waals surface area contributed by atoms with Gasteiger partial charge < -0.3 is 42.9 Å². The number of hydrogen-bond acceptors (Lipinski definition) is 13. The normalized spacial score (nSPS) is 43.8. The van der Waals surface area contributed by atoms with Crippen molar-refractivity contribution in [3.8, 4) is 12.3 Å². The first kappa shape index (κ1) is 40.2. The van der Waals surface area contributed by atoms with Gasteiger partial charge in [0.1, 0.15) is 11.8 Å². The third kappa shape index (κ3) is 8.37. The minimum absolute atomic E-state index is 0.00280. The van der Waals surface area contributed by atoms with Crippen LogP contribution < -0.4 is 0 Å². The molecule has 4 fully saturated rings. The Morgan fingerprint density at radius 3 is 2.40 bits per heavy atom. The lowest BCUT2D eigenvalue weighted by Crippen LogP contribution is -2.60. The number of cyclic esters (lactones) is 1. The highest BCUT2D eigenvalue weighted by molar-refractivity contribution is 5.92. The molecule has 0 aromatic carbocycles. The van der Waals surface area contributed by atoms with Gasteiger partial charge in [-0.2, -0.15) is 0 Å². The van der Waals surface area contributed by atoms with E-state index in [-0.39, 0.29) is 43.7 Å². The average Bonchev–Trinajstić information content (AvgIpc) is 3.30. The summed E-state index contributed by atoms with van der Waals surface area (Å²) in [6.45, 7) is 16.4. The lowest BCUT2D eigenvalue weighted by atomic mass is 9.75. The standard InChI is InChI=1S/C37H58N2O11/c1-13-15-45-38-26-18-43-30-23(6)33(49-35-31(47-25(8)40)27(39(11)12)16-21(4)46-35)36(9,44-19-26)17-20(3)29-22(5)32(41)37(10,50-29)28(14-2)48-34(42)24(30)7/h1,20-24,27-31,33,35H,14-19H2,2-12H3/b38-26+/t20-,21-,22?,23-,24-,27+,28-,29?,30+,31-,33-,35+,36-,37?/m1/s1. The zero-order valence-electron chi connectivity index (χ0n) is 31.6. The molecule has 13 heteroatoms. The lowest BCUT2D eigenvalue weighted by Gasteiger charge is -2.48. The second-order valence-electron chi connectivity index (χ2n) is 15.2. The van der Waals surface area contributed by atoms with Crippen molar-refractivity contribution in [2.45, 2.75) is 142 Å². The molecule has 4 aliphatic heterocycles. The molecule has 0 aromatic heterocycles. The van der Waals surface area contributed by atoms with E-state index >= 15 is 0 Å². The van der Waals surface area contributed by atoms with Gasteiger partial charge in [-0.15, -0.1) is 6.42 Å². The molecule has 0 amide bonds. The van der Waals surface area contributed by atoms with E-state index in [4.69, 9.17) is 44.4 Å². The van der Waals surface area contributed by atoms with Crippen LogP contribution in [0, 0.1) is 36.0 Å². The molecule has 0 spiro atoms. The molecule has 13 nitrogen and oxygen atoms in total. The van der Waals surface area contributed by atoms with Crippen LogP contribution in [0.4, 0.5) is 0 Å². The molecule has 0 saturated carbocycles. The Balaban J connectivity index is 1.89. The summed E-state index contributed by atoms with van der Waals surface area (Å²) in [6.07, 6.45) is 1.93. The Bertz CT molecular complexity index is 1300. The highest BCUT2D eigenvalue weighted by Crippen LogP contribution is 2.45. The molecule has 4 rings (SSSR count). The Hall–Kier alpha value is -2.60. The fourth-order valence-electron chi connectivity index (χ4n) is 8.41. The van der Waals surface area contributed by atoms with E-state index in [1.807, 2.05) is 60.5 Å². The number of rotatable bonds is 7. The van der Waals surface area contributed by atoms with Crippen molar-refractivity contribution in [1.29, 1.82) is 0 Å². The number of terminal acetylenes is 1. The molecule has 50 heavy (non-hydrogen) atoms. The summed E-state index contributed by atoms with van der Waals surface area (Å²) >= 11 is 0. The van der Waals surface area contributed by atoms with Crippen LogP contribution in [0.2, 0.25) is 0 Å². The second kappa shape index (κ2) is 16.4. The van der Waals surface area contributed by atoms with E-state index < -0.39 is 77.7 Å². The number of carbonyl (C=O) groups is 3. The van der Waals surface area contributed by atoms with E-state index in [0.717, 1.165) is 0 Å². The van der Waals surface area contributed by atoms with Crippen LogP contribution in [0.25, 0.3) is 0 Å². The van der Waals surface area contributed by atoms with Gasteiger partial charge in [0.2, 0.25) is 0 Å². The Morgan fingerprint density at radius 1 is 1.08 bits per heavy atom. The highest BCUT2D eigenvalue weighted by atomic mass is 16.7. The van der Waals surface area contributed by atoms with E-state index in [0.29, 0.717) is 25.0 Å². The van der Waals surface area contributed by atoms with Crippen LogP contribution in [0.1, 0.15) is 81.6 Å². The fraction of sp³-hybridized carbons (Fsp3) is 0.838. The number of Topliss-reactive ketones (excluding diaryl/α,β-unsaturated/α-hetero) is 1. The van der Waals surface area contributed by atoms with E-state index in [2.05, 4.69) is 11.1 Å². The van der Waals surface area contributed by atoms with Crippen molar-refractivity contribution in [3.05, 3.63) is 0 Å². The predicted molar refractivity (Wildman–Crippen MR) is 183 cm³/mol. The molecular weight excluding hydrogens is 648 g/mol. The lowest BCUT2D eigenvalue weighted by molar-refractivity contribution is -0.305. The van der Waals surface area contributed by atoms with Crippen LogP contribution in [0.5, 0.6) is 0 Å². The molecule has 4 aliphatic rings. The van der Waals surface area contributed by atoms with Crippen molar-refractivity contribution in [2.75, 3.05) is 33.9 Å². The minimum Gasteiger partial charge on any atom is -0.459 e. The van der Waals surface area contributed by atoms with Gasteiger partial charge in [-0.05, 0) is 67.0 Å². The first-order valence-corrected chi connectivity index (χ1v) is 17.9. The first-order valence-electron chi connectivity index (χ1n) is 17.9. The Morgan fingerprint density at radius 2 is 1.78 bits per heavy atom. The van der Waals surface area contributed by atoms with Crippen molar-refractivity contribution in [3.63, 3.8) is 0 Å². The zero-order valence-corrected chi connectivity index (χ0v) is 31.6. The van der Waals surface area contributed by atoms with Crippen molar-refractivity contribution in [1.82, 2.24) is 4.90 Å². The smallest absolute Gasteiger partial charge is 0.311 e. The number of ketones is 1. The highest BCUT2D eigenvalue weighted by Gasteiger charge is 2.59. The maximum absolute atomic E-state index is 14.1. The Kier molecular flexibility index (Phi) is 13.2. The molecular formula is C37H58N2O11. The third-order valence-electron chi connectivity index (χ3n) is 11.0. The van der Waals surface area contributed by atoms with Gasteiger partial charge in [0, 0.05) is 18.8 Å². The van der Waals surface area contributed by atoms with Gasteiger partial charge in [0.25, 0.3) is 0 Å². The van der Waals surface area contributed by atoms with Crippen LogP contribution in [0.15, 0.2) is 5.16 Å². The van der Waals surface area contributed by atoms with E-state index in [1.54, 1.807) is 13.8 Å². The van der Waals surface area contributed by atoms with Gasteiger partial charge in [-0.1, -0.05) is 38.8 Å². The van der Waals surface area contributed by atoms with Gasteiger partial charge in [-0.25, -0.2) is 0 Å². The summed E-state index contributed by atoms with van der Waals surface area (Å²) < 4.78 is 45.5. The van der Waals surface area contributed by atoms with Crippen LogP contribution in [-0.4, -0.2) is 122 Å². The molecule has 3 unspecified atom stereocenters. The number of likely N-dealkylation sites (N-methyl/N-ethyl adjacent to an activating group) is 1. The molecule has 0 N–H and O–H groups in total. The molecule has 14 atom stereocenters. The van der Waals surface area contributed by atoms with Gasteiger partial charge in [-0.3, -0.25) is 14.4 Å². The third-order valence-corrected chi connectivity index (χ3v) is 11.0. The maximum Gasteiger partial charge on any atom is 0.311 e. The number of hydrogen-bond donors (Lipinski definition) is 0. The topological polar surface area (TPSA) is 141 Å². The van der Waals surface area contributed by atoms with Crippen LogP contribution >= 0.6 is 0 Å². The molecule has 0 aliphatic carbocycles. The minimum atomic E-state index is -1.32. The largest absolute Gasteiger partial charge is 0.459 e. The first-order chi connectivity index (χ1) is 23.5. The van der Waals surface area contributed by atoms with Crippen molar-refractivity contribution < 1.29 is 52.4 Å². The van der Waals surface area contributed by atoms with Crippen LogP contribution in [0.3, 0.4) is 0 Å². The fourth-order valence-corrected chi connectivity index (χ4v) is 8.41. The number of oxime groups is 1. The molecule has 4 bridgehead atoms. The number of esters is 2. The summed E-state index contributed by atoms with van der Waals surface area (Å²) in [7, 11) is 3.85. The SMILES string of the molecule is C#CCO/N=C1\CO[C@H]2[C@@H](C)[C@@H](O[C@@H]3O[C@H](C)C[C@H](N(C)C)[C@H]3OC(C)=O)[C@@](C)(C[C@@H](C)C3OC(C)(C(=O)C3C)[C@@H](CC)OC(=O)[C@@H]2C)OC1. The van der Waals surface area contributed by atoms with Crippen molar-refractivity contribution in [2.24, 2.45) is 28.8 Å². The maximum atomic E-state index is 14.1. The Labute approximate surface area is 297 Å². The summed E-state index contributed by atoms with van der Waals surface area (Å²) in [5.74, 6) is -0.733. The van der Waals surface area contributed by atoms with E-state index in [9.17, 15) is 14.4 Å². The van der Waals surface area contributed by atoms with Gasteiger partial charge in [0.05, 0.1) is 55.2 Å². The quantitative estimate of drug-likeness (QED) is 0.166. The number of fused-ring (bicyclic) bond motifs is 5. The average molecular weight is 707 g/mol. The molecule has 0 aromatic rings. The molecule has 4 heterocycles.